The molecule has 0 aliphatic carbocycles. The van der Waals surface area contributed by atoms with Crippen LogP contribution in [0.1, 0.15) is 16.1 Å². The molecule has 0 aromatic carbocycles. The van der Waals surface area contributed by atoms with Crippen molar-refractivity contribution in [1.82, 2.24) is 5.32 Å². The van der Waals surface area contributed by atoms with Gasteiger partial charge in [0.05, 0.1) is 18.3 Å². The molecule has 1 aliphatic rings. The van der Waals surface area contributed by atoms with Crippen molar-refractivity contribution in [3.05, 3.63) is 16.3 Å². The average Bonchev–Trinajstić information content (AvgIpc) is 2.88. The van der Waals surface area contributed by atoms with Crippen LogP contribution < -0.4 is 10.6 Å². The van der Waals surface area contributed by atoms with Crippen molar-refractivity contribution in [2.24, 2.45) is 0 Å². The smallest absolute Gasteiger partial charge is 0.348 e. The number of urea groups is 1. The second-order valence-electron chi connectivity index (χ2n) is 3.63. The first kappa shape index (κ1) is 11.9. The molecule has 3 N–H and O–H groups in total. The van der Waals surface area contributed by atoms with Gasteiger partial charge in [0.15, 0.2) is 0 Å². The van der Waals surface area contributed by atoms with E-state index < -0.39 is 12.0 Å². The first-order valence-electron chi connectivity index (χ1n) is 5.13. The third-order valence-electron chi connectivity index (χ3n) is 2.37. The van der Waals surface area contributed by atoms with Crippen LogP contribution in [0.3, 0.4) is 0 Å². The quantitative estimate of drug-likeness (QED) is 0.762. The zero-order valence-corrected chi connectivity index (χ0v) is 9.75. The van der Waals surface area contributed by atoms with E-state index in [0.717, 1.165) is 17.8 Å². The molecular formula is C10H12N2O4S. The Morgan fingerprint density at radius 1 is 1.53 bits per heavy atom. The first-order chi connectivity index (χ1) is 8.16. The second-order valence-corrected chi connectivity index (χ2v) is 4.54. The molecule has 1 aromatic rings. The molecular weight excluding hydrogens is 244 g/mol. The first-order valence-corrected chi connectivity index (χ1v) is 6.01. The number of aromatic carboxylic acids is 1. The van der Waals surface area contributed by atoms with Crippen molar-refractivity contribution >= 4 is 29.0 Å². The summed E-state index contributed by atoms with van der Waals surface area (Å²) in [5.41, 5.74) is 0.318. The Morgan fingerprint density at radius 3 is 3.00 bits per heavy atom. The third-order valence-corrected chi connectivity index (χ3v) is 3.27. The standard InChI is InChI=1S/C10H12N2O4S/c13-9(14)8-7(2-4-17-8)12-10(15)11-6-1-3-16-5-6/h2,4,6H,1,3,5H2,(H,13,14)(H2,11,12,15). The Kier molecular flexibility index (Phi) is 3.60. The lowest BCUT2D eigenvalue weighted by Crippen LogP contribution is -2.38. The van der Waals surface area contributed by atoms with Crippen LogP contribution >= 0.6 is 11.3 Å². The number of carbonyl (C=O) groups excluding carboxylic acids is 1. The normalized spacial score (nSPS) is 18.9. The summed E-state index contributed by atoms with van der Waals surface area (Å²) >= 11 is 1.08. The second kappa shape index (κ2) is 5.15. The molecule has 17 heavy (non-hydrogen) atoms. The Balaban J connectivity index is 1.93. The van der Waals surface area contributed by atoms with Crippen LogP contribution in [0, 0.1) is 0 Å². The number of ether oxygens (including phenoxy) is 1. The summed E-state index contributed by atoms with van der Waals surface area (Å²) in [6.45, 7) is 1.15. The lowest BCUT2D eigenvalue weighted by atomic mass is 10.3. The van der Waals surface area contributed by atoms with Crippen molar-refractivity contribution in [1.29, 1.82) is 0 Å². The topological polar surface area (TPSA) is 87.7 Å². The summed E-state index contributed by atoms with van der Waals surface area (Å²) in [5, 5.41) is 15.7. The molecule has 2 heterocycles. The van der Waals surface area contributed by atoms with Crippen LogP contribution in [0.5, 0.6) is 0 Å². The van der Waals surface area contributed by atoms with E-state index in [-0.39, 0.29) is 10.9 Å². The molecule has 1 fully saturated rings. The van der Waals surface area contributed by atoms with E-state index in [0.29, 0.717) is 18.9 Å². The van der Waals surface area contributed by atoms with Crippen LogP contribution in [0.2, 0.25) is 0 Å². The molecule has 0 saturated carbocycles. The lowest BCUT2D eigenvalue weighted by molar-refractivity contribution is 0.0703. The summed E-state index contributed by atoms with van der Waals surface area (Å²) in [6.07, 6.45) is 0.781. The molecule has 2 amide bonds. The summed E-state index contributed by atoms with van der Waals surface area (Å²) in [6, 6.07) is 1.17. The number of rotatable bonds is 3. The van der Waals surface area contributed by atoms with E-state index in [1.54, 1.807) is 11.4 Å². The molecule has 1 saturated heterocycles. The van der Waals surface area contributed by atoms with Crippen molar-refractivity contribution in [3.63, 3.8) is 0 Å². The van der Waals surface area contributed by atoms with Gasteiger partial charge in [0.2, 0.25) is 0 Å². The third kappa shape index (κ3) is 2.95. The van der Waals surface area contributed by atoms with Crippen LogP contribution in [-0.4, -0.2) is 36.4 Å². The van der Waals surface area contributed by atoms with E-state index in [2.05, 4.69) is 10.6 Å². The summed E-state index contributed by atoms with van der Waals surface area (Å²) in [4.78, 5) is 22.5. The Morgan fingerprint density at radius 2 is 2.35 bits per heavy atom. The van der Waals surface area contributed by atoms with Gasteiger partial charge in [0.25, 0.3) is 0 Å². The van der Waals surface area contributed by atoms with Gasteiger partial charge in [-0.15, -0.1) is 11.3 Å². The van der Waals surface area contributed by atoms with E-state index in [4.69, 9.17) is 9.84 Å². The number of hydrogen-bond acceptors (Lipinski definition) is 4. The molecule has 0 radical (unpaired) electrons. The molecule has 0 spiro atoms. The number of thiophene rings is 1. The van der Waals surface area contributed by atoms with E-state index in [1.165, 1.54) is 0 Å². The van der Waals surface area contributed by atoms with Gasteiger partial charge in [-0.05, 0) is 17.9 Å². The molecule has 1 aliphatic heterocycles. The zero-order valence-electron chi connectivity index (χ0n) is 8.93. The SMILES string of the molecule is O=C(Nc1ccsc1C(=O)O)NC1CCOC1. The Labute approximate surface area is 102 Å². The fourth-order valence-corrected chi connectivity index (χ4v) is 2.25. The maximum Gasteiger partial charge on any atom is 0.348 e. The number of carboxylic acids is 1. The fraction of sp³-hybridized carbons (Fsp3) is 0.400. The molecule has 1 aromatic heterocycles. The van der Waals surface area contributed by atoms with Gasteiger partial charge < -0.3 is 20.5 Å². The molecule has 1 unspecified atom stereocenters. The van der Waals surface area contributed by atoms with Gasteiger partial charge in [-0.25, -0.2) is 9.59 Å². The highest BCUT2D eigenvalue weighted by molar-refractivity contribution is 7.12. The predicted molar refractivity (Wildman–Crippen MR) is 62.7 cm³/mol. The van der Waals surface area contributed by atoms with Gasteiger partial charge in [-0.3, -0.25) is 0 Å². The number of carboxylic acid groups (broad SMARTS) is 1. The van der Waals surface area contributed by atoms with Crippen molar-refractivity contribution in [2.45, 2.75) is 12.5 Å². The number of hydrogen-bond donors (Lipinski definition) is 3. The number of anilines is 1. The van der Waals surface area contributed by atoms with Crippen LogP contribution in [0.4, 0.5) is 10.5 Å². The van der Waals surface area contributed by atoms with E-state index >= 15 is 0 Å². The number of nitrogens with one attached hydrogen (secondary N) is 2. The molecule has 7 heteroatoms. The molecule has 2 rings (SSSR count). The molecule has 1 atom stereocenters. The molecule has 0 bridgehead atoms. The number of carbonyl (C=O) groups is 2. The van der Waals surface area contributed by atoms with Crippen LogP contribution in [0.25, 0.3) is 0 Å². The number of amides is 2. The van der Waals surface area contributed by atoms with Gasteiger partial charge in [0.1, 0.15) is 4.88 Å². The van der Waals surface area contributed by atoms with Gasteiger partial charge in [-0.1, -0.05) is 0 Å². The average molecular weight is 256 g/mol. The minimum atomic E-state index is -1.04. The maximum absolute atomic E-state index is 11.6. The highest BCUT2D eigenvalue weighted by Gasteiger charge is 2.19. The zero-order chi connectivity index (χ0) is 12.3. The largest absolute Gasteiger partial charge is 0.477 e. The van der Waals surface area contributed by atoms with E-state index in [1.807, 2.05) is 0 Å². The van der Waals surface area contributed by atoms with Crippen molar-refractivity contribution in [2.75, 3.05) is 18.5 Å². The molecule has 92 valence electrons. The van der Waals surface area contributed by atoms with Crippen molar-refractivity contribution in [3.8, 4) is 0 Å². The summed E-state index contributed by atoms with van der Waals surface area (Å²) < 4.78 is 5.12. The maximum atomic E-state index is 11.6. The minimum Gasteiger partial charge on any atom is -0.477 e. The van der Waals surface area contributed by atoms with Gasteiger partial charge in [-0.2, -0.15) is 0 Å². The van der Waals surface area contributed by atoms with Crippen LogP contribution in [-0.2, 0) is 4.74 Å². The monoisotopic (exact) mass is 256 g/mol. The van der Waals surface area contributed by atoms with E-state index in [9.17, 15) is 9.59 Å². The highest BCUT2D eigenvalue weighted by Crippen LogP contribution is 2.21. The Bertz CT molecular complexity index is 426. The van der Waals surface area contributed by atoms with Crippen molar-refractivity contribution < 1.29 is 19.4 Å². The van der Waals surface area contributed by atoms with Gasteiger partial charge in [0, 0.05) is 6.61 Å². The summed E-state index contributed by atoms with van der Waals surface area (Å²) in [5.74, 6) is -1.04. The summed E-state index contributed by atoms with van der Waals surface area (Å²) in [7, 11) is 0. The van der Waals surface area contributed by atoms with Gasteiger partial charge >= 0.3 is 12.0 Å². The minimum absolute atomic E-state index is 0.00177. The van der Waals surface area contributed by atoms with Crippen LogP contribution in [0.15, 0.2) is 11.4 Å². The fourth-order valence-electron chi connectivity index (χ4n) is 1.57. The molecule has 6 nitrogen and oxygen atoms in total. The lowest BCUT2D eigenvalue weighted by Gasteiger charge is -2.11. The predicted octanol–water partition coefficient (Wildman–Crippen LogP) is 1.36. The Hall–Kier alpha value is -1.60. The highest BCUT2D eigenvalue weighted by atomic mass is 32.1.